The number of hydrogen-bond acceptors (Lipinski definition) is 5. The van der Waals surface area contributed by atoms with Crippen LogP contribution in [0, 0.1) is 10.1 Å². The molecular formula is C27H24Cl2N4O3. The van der Waals surface area contributed by atoms with Gasteiger partial charge in [-0.25, -0.2) is 4.98 Å². The first kappa shape index (κ1) is 24.4. The Bertz CT molecular complexity index is 1350. The molecule has 0 aliphatic carbocycles. The van der Waals surface area contributed by atoms with E-state index in [0.29, 0.717) is 17.1 Å². The Morgan fingerprint density at radius 3 is 2.67 bits per heavy atom. The second-order valence-corrected chi connectivity index (χ2v) is 10.1. The summed E-state index contributed by atoms with van der Waals surface area (Å²) in [6, 6.07) is 15.7. The van der Waals surface area contributed by atoms with Crippen LogP contribution in [-0.2, 0) is 5.41 Å². The average molecular weight is 523 g/mol. The lowest BCUT2D eigenvalue weighted by molar-refractivity contribution is -0.384. The normalized spacial score (nSPS) is 17.0. The number of pyridine rings is 1. The molecule has 1 saturated heterocycles. The lowest BCUT2D eigenvalue weighted by Gasteiger charge is -2.39. The van der Waals surface area contributed by atoms with Gasteiger partial charge in [-0.1, -0.05) is 47.5 Å². The van der Waals surface area contributed by atoms with Crippen molar-refractivity contribution in [3.05, 3.63) is 104 Å². The first-order valence-electron chi connectivity index (χ1n) is 11.7. The highest BCUT2D eigenvalue weighted by molar-refractivity contribution is 6.31. The second-order valence-electron chi connectivity index (χ2n) is 9.26. The Morgan fingerprint density at radius 2 is 1.92 bits per heavy atom. The first-order chi connectivity index (χ1) is 17.3. The molecule has 0 radical (unpaired) electrons. The number of rotatable bonds is 5. The van der Waals surface area contributed by atoms with E-state index >= 15 is 0 Å². The lowest BCUT2D eigenvalue weighted by Crippen LogP contribution is -2.46. The van der Waals surface area contributed by atoms with Crippen LogP contribution in [0.15, 0.2) is 66.9 Å². The van der Waals surface area contributed by atoms with Crippen LogP contribution in [0.5, 0.6) is 0 Å². The molecule has 3 aromatic rings. The Morgan fingerprint density at radius 1 is 1.11 bits per heavy atom. The molecule has 3 heterocycles. The van der Waals surface area contributed by atoms with Crippen molar-refractivity contribution in [3.63, 3.8) is 0 Å². The molecule has 0 N–H and O–H groups in total. The van der Waals surface area contributed by atoms with Crippen LogP contribution in [0.4, 0.5) is 11.4 Å². The summed E-state index contributed by atoms with van der Waals surface area (Å²) in [5.74, 6) is -0.0953. The lowest BCUT2D eigenvalue weighted by atomic mass is 9.74. The molecule has 1 aromatic heterocycles. The van der Waals surface area contributed by atoms with E-state index in [0.717, 1.165) is 49.3 Å². The maximum atomic E-state index is 13.4. The van der Waals surface area contributed by atoms with Gasteiger partial charge in [0.15, 0.2) is 0 Å². The minimum absolute atomic E-state index is 0.0868. The summed E-state index contributed by atoms with van der Waals surface area (Å²) < 4.78 is 0. The Hall–Kier alpha value is -3.26. The predicted molar refractivity (Wildman–Crippen MR) is 142 cm³/mol. The Labute approximate surface area is 219 Å². The molecular weight excluding hydrogens is 499 g/mol. The molecule has 2 aromatic carbocycles. The van der Waals surface area contributed by atoms with Gasteiger partial charge in [-0.05, 0) is 67.4 Å². The molecule has 2 aliphatic heterocycles. The fourth-order valence-electron chi connectivity index (χ4n) is 5.18. The number of nitro groups is 1. The van der Waals surface area contributed by atoms with Crippen LogP contribution >= 0.6 is 23.2 Å². The zero-order valence-corrected chi connectivity index (χ0v) is 21.0. The third-order valence-corrected chi connectivity index (χ3v) is 7.51. The molecule has 1 amide bonds. The van der Waals surface area contributed by atoms with Crippen molar-refractivity contribution in [2.45, 2.75) is 18.3 Å². The number of amides is 1. The van der Waals surface area contributed by atoms with E-state index in [2.05, 4.69) is 9.88 Å². The highest BCUT2D eigenvalue weighted by Gasteiger charge is 2.46. The fourth-order valence-corrected chi connectivity index (χ4v) is 5.53. The second kappa shape index (κ2) is 10.0. The number of anilines is 1. The molecule has 1 spiro atoms. The number of nitrogens with zero attached hydrogens (tertiary/aromatic N) is 4. The molecule has 1 fully saturated rings. The number of piperidine rings is 1. The maximum Gasteiger partial charge on any atom is 0.270 e. The summed E-state index contributed by atoms with van der Waals surface area (Å²) in [6.07, 6.45) is 7.30. The average Bonchev–Trinajstić information content (AvgIpc) is 3.18. The van der Waals surface area contributed by atoms with Gasteiger partial charge in [0.25, 0.3) is 11.6 Å². The molecule has 36 heavy (non-hydrogen) atoms. The monoisotopic (exact) mass is 522 g/mol. The number of benzene rings is 2. The summed E-state index contributed by atoms with van der Waals surface area (Å²) in [5.41, 5.74) is 3.27. The van der Waals surface area contributed by atoms with E-state index in [-0.39, 0.29) is 27.1 Å². The number of aromatic nitrogens is 1. The van der Waals surface area contributed by atoms with Crippen LogP contribution < -0.4 is 4.90 Å². The molecule has 9 heteroatoms. The summed E-state index contributed by atoms with van der Waals surface area (Å²) in [4.78, 5) is 32.2. The van der Waals surface area contributed by atoms with Crippen molar-refractivity contribution in [2.75, 3.05) is 31.1 Å². The zero-order chi connectivity index (χ0) is 25.3. The van der Waals surface area contributed by atoms with Crippen molar-refractivity contribution in [1.82, 2.24) is 9.88 Å². The van der Waals surface area contributed by atoms with Crippen LogP contribution in [0.25, 0.3) is 6.08 Å². The third kappa shape index (κ3) is 4.87. The van der Waals surface area contributed by atoms with Crippen molar-refractivity contribution in [2.24, 2.45) is 0 Å². The summed E-state index contributed by atoms with van der Waals surface area (Å²) in [5, 5.41) is 12.0. The number of carbonyl (C=O) groups excluding carboxylic acids is 1. The molecule has 0 atom stereocenters. The van der Waals surface area contributed by atoms with E-state index in [9.17, 15) is 14.9 Å². The number of hydrogen-bond donors (Lipinski definition) is 0. The van der Waals surface area contributed by atoms with E-state index < -0.39 is 0 Å². The fraction of sp³-hybridized carbons (Fsp3) is 0.259. The Kier molecular flexibility index (Phi) is 6.79. The minimum atomic E-state index is -0.384. The number of halogens is 2. The minimum Gasteiger partial charge on any atom is -0.307 e. The van der Waals surface area contributed by atoms with Gasteiger partial charge in [0.2, 0.25) is 0 Å². The summed E-state index contributed by atoms with van der Waals surface area (Å²) in [6.45, 7) is 3.08. The van der Waals surface area contributed by atoms with E-state index in [4.69, 9.17) is 23.2 Å². The number of fused-ring (bicyclic) bond motifs is 2. The maximum absolute atomic E-state index is 13.4. The Balaban J connectivity index is 1.30. The number of nitro benzene ring substituents is 1. The quantitative estimate of drug-likeness (QED) is 0.233. The van der Waals surface area contributed by atoms with Crippen molar-refractivity contribution >= 4 is 46.6 Å². The molecule has 5 rings (SSSR count). The van der Waals surface area contributed by atoms with E-state index in [1.165, 1.54) is 6.07 Å². The van der Waals surface area contributed by atoms with Gasteiger partial charge in [0.1, 0.15) is 5.15 Å². The van der Waals surface area contributed by atoms with E-state index in [1.807, 2.05) is 41.3 Å². The molecule has 0 saturated carbocycles. The number of likely N-dealkylation sites (tertiary alicyclic amines) is 1. The largest absolute Gasteiger partial charge is 0.307 e. The standard InChI is InChI=1S/C27H24Cl2N4O3/c28-21-6-7-24-23(17-21)27(18-32(24)26(34)20-8-11-30-25(29)16-20)9-13-31(14-10-27)12-2-4-19-3-1-5-22(15-19)33(35)36/h1-8,11,15-17H,9-10,12-14,18H2/b4-2+. The van der Waals surface area contributed by atoms with Crippen molar-refractivity contribution in [3.8, 4) is 0 Å². The van der Waals surface area contributed by atoms with Crippen molar-refractivity contribution < 1.29 is 9.72 Å². The third-order valence-electron chi connectivity index (χ3n) is 7.07. The number of carbonyl (C=O) groups is 1. The molecule has 7 nitrogen and oxygen atoms in total. The predicted octanol–water partition coefficient (Wildman–Crippen LogP) is 6.00. The van der Waals surface area contributed by atoms with Crippen LogP contribution in [0.3, 0.4) is 0 Å². The van der Waals surface area contributed by atoms with Gasteiger partial charge in [-0.15, -0.1) is 0 Å². The van der Waals surface area contributed by atoms with Crippen LogP contribution in [-0.4, -0.2) is 46.9 Å². The van der Waals surface area contributed by atoms with Gasteiger partial charge in [-0.2, -0.15) is 0 Å². The molecule has 0 unspecified atom stereocenters. The smallest absolute Gasteiger partial charge is 0.270 e. The SMILES string of the molecule is O=C(c1ccnc(Cl)c1)N1CC2(CCN(C/C=C/c3cccc([N+](=O)[O-])c3)CC2)c2cc(Cl)ccc21. The highest BCUT2D eigenvalue weighted by Crippen LogP contribution is 2.48. The van der Waals surface area contributed by atoms with Gasteiger partial charge in [-0.3, -0.25) is 19.8 Å². The van der Waals surface area contributed by atoms with Gasteiger partial charge >= 0.3 is 0 Å². The molecule has 0 bridgehead atoms. The van der Waals surface area contributed by atoms with Crippen LogP contribution in [0.2, 0.25) is 10.2 Å². The van der Waals surface area contributed by atoms with Gasteiger partial charge in [0, 0.05) is 53.1 Å². The van der Waals surface area contributed by atoms with Gasteiger partial charge in [0.05, 0.1) is 4.92 Å². The molecule has 184 valence electrons. The van der Waals surface area contributed by atoms with E-state index in [1.54, 1.807) is 30.5 Å². The summed E-state index contributed by atoms with van der Waals surface area (Å²) >= 11 is 12.4. The topological polar surface area (TPSA) is 79.6 Å². The molecule has 2 aliphatic rings. The van der Waals surface area contributed by atoms with Crippen LogP contribution in [0.1, 0.15) is 34.3 Å². The zero-order valence-electron chi connectivity index (χ0n) is 19.4. The summed E-state index contributed by atoms with van der Waals surface area (Å²) in [7, 11) is 0. The van der Waals surface area contributed by atoms with Gasteiger partial charge < -0.3 is 4.90 Å². The van der Waals surface area contributed by atoms with Crippen molar-refractivity contribution in [1.29, 1.82) is 0 Å². The number of non-ortho nitro benzene ring substituents is 1. The highest BCUT2D eigenvalue weighted by atomic mass is 35.5. The first-order valence-corrected chi connectivity index (χ1v) is 12.5.